The van der Waals surface area contributed by atoms with Gasteiger partial charge in [-0.05, 0) is 55.9 Å². The molecule has 2 aromatic rings. The van der Waals surface area contributed by atoms with E-state index in [0.29, 0.717) is 39.7 Å². The number of alkyl halides is 3. The van der Waals surface area contributed by atoms with Gasteiger partial charge in [-0.3, -0.25) is 4.90 Å². The molecule has 1 atom stereocenters. The van der Waals surface area contributed by atoms with Gasteiger partial charge in [0.15, 0.2) is 11.5 Å². The Morgan fingerprint density at radius 2 is 1.79 bits per heavy atom. The molecule has 1 saturated carbocycles. The van der Waals surface area contributed by atoms with Crippen LogP contribution in [0.25, 0.3) is 0 Å². The fourth-order valence-corrected chi connectivity index (χ4v) is 3.73. The molecule has 0 bridgehead atoms. The average Bonchev–Trinajstić information content (AvgIpc) is 3.71. The Kier molecular flexibility index (Phi) is 11.4. The molecule has 1 unspecified atom stereocenters. The quantitative estimate of drug-likeness (QED) is 0.165. The Bertz CT molecular complexity index is 1180. The van der Waals surface area contributed by atoms with E-state index in [2.05, 4.69) is 20.1 Å². The number of allylic oxidation sites excluding steroid dienone is 1. The third-order valence-electron chi connectivity index (χ3n) is 5.70. The third kappa shape index (κ3) is 9.31. The van der Waals surface area contributed by atoms with E-state index in [9.17, 15) is 22.4 Å². The molecule has 0 heterocycles. The summed E-state index contributed by atoms with van der Waals surface area (Å²) in [7, 11) is 0.945. The van der Waals surface area contributed by atoms with Crippen LogP contribution in [0.4, 0.5) is 28.0 Å². The van der Waals surface area contributed by atoms with Gasteiger partial charge in [-0.25, -0.2) is 9.18 Å². The summed E-state index contributed by atoms with van der Waals surface area (Å²) in [6, 6.07) is 7.70. The predicted molar refractivity (Wildman–Crippen MR) is 143 cm³/mol. The molecule has 3 rings (SSSR count). The summed E-state index contributed by atoms with van der Waals surface area (Å²) in [6.45, 7) is 9.61. The van der Waals surface area contributed by atoms with Gasteiger partial charge in [-0.1, -0.05) is 43.8 Å². The highest BCUT2D eigenvalue weighted by atomic mass is 35.5. The molecular weight excluding hydrogens is 540 g/mol. The van der Waals surface area contributed by atoms with E-state index >= 15 is 0 Å². The summed E-state index contributed by atoms with van der Waals surface area (Å²) >= 11 is 6.22. The molecule has 1 fully saturated rings. The highest BCUT2D eigenvalue weighted by Gasteiger charge is 2.34. The monoisotopic (exact) mass is 570 g/mol. The minimum atomic E-state index is -4.65. The first-order valence-electron chi connectivity index (χ1n) is 12.0. The van der Waals surface area contributed by atoms with Gasteiger partial charge in [0.25, 0.3) is 0 Å². The normalized spacial score (nSPS) is 13.3. The minimum absolute atomic E-state index is 0.0347. The molecule has 39 heavy (non-hydrogen) atoms. The first-order chi connectivity index (χ1) is 18.3. The van der Waals surface area contributed by atoms with Crippen molar-refractivity contribution in [3.05, 3.63) is 72.2 Å². The Hall–Kier alpha value is -3.53. The Labute approximate surface area is 230 Å². The summed E-state index contributed by atoms with van der Waals surface area (Å²) in [5, 5.41) is -0.113. The van der Waals surface area contributed by atoms with Gasteiger partial charge in [0.05, 0.1) is 17.3 Å². The second kappa shape index (κ2) is 14.0. The molecular formula is C28H31ClF4N2O4. The van der Waals surface area contributed by atoms with Crippen molar-refractivity contribution < 1.29 is 36.6 Å². The zero-order valence-electron chi connectivity index (χ0n) is 21.9. The SMILES string of the molecule is C=CC(=C)N(C(=O)N(C)CC(F)(F)F)c1cc(Oc2ccccc2OCC(C)C2CC2)c(Cl)cc1F.CC=O. The maximum Gasteiger partial charge on any atom is 0.406 e. The van der Waals surface area contributed by atoms with Gasteiger partial charge in [0.2, 0.25) is 0 Å². The molecule has 1 aliphatic rings. The van der Waals surface area contributed by atoms with E-state index in [1.807, 2.05) is 0 Å². The molecule has 6 nitrogen and oxygen atoms in total. The number of para-hydroxylation sites is 2. The van der Waals surface area contributed by atoms with Crippen molar-refractivity contribution >= 4 is 29.6 Å². The summed E-state index contributed by atoms with van der Waals surface area (Å²) in [5.41, 5.74) is -0.543. The molecule has 2 aromatic carbocycles. The average molecular weight is 571 g/mol. The van der Waals surface area contributed by atoms with Gasteiger partial charge in [-0.2, -0.15) is 13.2 Å². The fraction of sp³-hybridized carbons (Fsp3) is 0.357. The zero-order valence-corrected chi connectivity index (χ0v) is 22.7. The summed E-state index contributed by atoms with van der Waals surface area (Å²) in [4.78, 5) is 22.8. The number of hydrogen-bond acceptors (Lipinski definition) is 4. The van der Waals surface area contributed by atoms with Gasteiger partial charge < -0.3 is 19.2 Å². The van der Waals surface area contributed by atoms with Gasteiger partial charge in [-0.15, -0.1) is 0 Å². The van der Waals surface area contributed by atoms with E-state index in [-0.39, 0.29) is 16.5 Å². The number of rotatable bonds is 10. The second-order valence-corrected chi connectivity index (χ2v) is 9.34. The van der Waals surface area contributed by atoms with Crippen molar-refractivity contribution in [3.63, 3.8) is 0 Å². The van der Waals surface area contributed by atoms with Crippen molar-refractivity contribution in [2.75, 3.05) is 25.1 Å². The van der Waals surface area contributed by atoms with Crippen molar-refractivity contribution in [2.45, 2.75) is 32.9 Å². The topological polar surface area (TPSA) is 59.1 Å². The third-order valence-corrected chi connectivity index (χ3v) is 5.99. The molecule has 0 spiro atoms. The molecule has 11 heteroatoms. The van der Waals surface area contributed by atoms with Crippen LogP contribution in [0, 0.1) is 17.7 Å². The Morgan fingerprint density at radius 1 is 1.21 bits per heavy atom. The number of carbonyl (C=O) groups excluding carboxylic acids is 2. The molecule has 2 amide bonds. The largest absolute Gasteiger partial charge is 0.489 e. The molecule has 0 N–H and O–H groups in total. The molecule has 0 aromatic heterocycles. The number of urea groups is 1. The number of nitrogens with zero attached hydrogens (tertiary/aromatic N) is 2. The van der Waals surface area contributed by atoms with Gasteiger partial charge >= 0.3 is 12.2 Å². The Balaban J connectivity index is 0.00000170. The van der Waals surface area contributed by atoms with Crippen LogP contribution in [0.15, 0.2) is 61.3 Å². The predicted octanol–water partition coefficient (Wildman–Crippen LogP) is 8.02. The standard InChI is InChI=1S/C26H27ClF4N2O3.C2H4O/c1-5-17(3)33(25(34)32(4)15-26(29,30)31)21-13-24(19(27)12-20(21)28)36-23-9-7-6-8-22(23)35-14-16(2)18-10-11-18;1-2-3/h5-9,12-13,16,18H,1,3,10-11,14-15H2,2,4H3;2H,1H3. The van der Waals surface area contributed by atoms with Crippen molar-refractivity contribution in [2.24, 2.45) is 11.8 Å². The molecule has 212 valence electrons. The first-order valence-corrected chi connectivity index (χ1v) is 12.4. The minimum Gasteiger partial charge on any atom is -0.489 e. The molecule has 0 radical (unpaired) electrons. The molecule has 1 aliphatic carbocycles. The number of benzene rings is 2. The van der Waals surface area contributed by atoms with Crippen molar-refractivity contribution in [3.8, 4) is 17.2 Å². The summed E-state index contributed by atoms with van der Waals surface area (Å²) < 4.78 is 65.5. The first kappa shape index (κ1) is 31.7. The maximum atomic E-state index is 15.0. The van der Waals surface area contributed by atoms with E-state index < -0.39 is 30.3 Å². The van der Waals surface area contributed by atoms with Gasteiger partial charge in [0.1, 0.15) is 24.4 Å². The lowest BCUT2D eigenvalue weighted by atomic mass is 10.1. The molecule has 0 saturated heterocycles. The van der Waals surface area contributed by atoms with Crippen molar-refractivity contribution in [1.82, 2.24) is 4.90 Å². The highest BCUT2D eigenvalue weighted by molar-refractivity contribution is 6.32. The maximum absolute atomic E-state index is 15.0. The number of aldehydes is 1. The number of amides is 2. The number of anilines is 1. The highest BCUT2D eigenvalue weighted by Crippen LogP contribution is 2.41. The van der Waals surface area contributed by atoms with E-state index in [4.69, 9.17) is 25.9 Å². The Morgan fingerprint density at radius 3 is 2.33 bits per heavy atom. The van der Waals surface area contributed by atoms with Crippen LogP contribution in [0.2, 0.25) is 5.02 Å². The van der Waals surface area contributed by atoms with Crippen LogP contribution in [0.3, 0.4) is 0 Å². The van der Waals surface area contributed by atoms with Crippen molar-refractivity contribution in [1.29, 1.82) is 0 Å². The number of hydrogen-bond donors (Lipinski definition) is 0. The summed E-state index contributed by atoms with van der Waals surface area (Å²) in [5.74, 6) is 0.760. The fourth-order valence-electron chi connectivity index (χ4n) is 3.54. The van der Waals surface area contributed by atoms with Crippen LogP contribution in [-0.2, 0) is 4.79 Å². The number of halogens is 5. The second-order valence-electron chi connectivity index (χ2n) is 8.93. The van der Waals surface area contributed by atoms with Crippen LogP contribution in [-0.4, -0.2) is 43.6 Å². The van der Waals surface area contributed by atoms with Crippen LogP contribution in [0.5, 0.6) is 17.2 Å². The van der Waals surface area contributed by atoms with Crippen LogP contribution >= 0.6 is 11.6 Å². The van der Waals surface area contributed by atoms with E-state index in [0.717, 1.165) is 31.5 Å². The lowest BCUT2D eigenvalue weighted by Crippen LogP contribution is -2.44. The summed E-state index contributed by atoms with van der Waals surface area (Å²) in [6.07, 6.45) is -0.419. The van der Waals surface area contributed by atoms with Gasteiger partial charge in [0, 0.05) is 18.8 Å². The van der Waals surface area contributed by atoms with E-state index in [1.54, 1.807) is 24.3 Å². The zero-order chi connectivity index (χ0) is 29.3. The lowest BCUT2D eigenvalue weighted by Gasteiger charge is -2.29. The number of carbonyl (C=O) groups is 2. The smallest absolute Gasteiger partial charge is 0.406 e. The number of ether oxygens (including phenoxy) is 2. The van der Waals surface area contributed by atoms with E-state index in [1.165, 1.54) is 19.8 Å². The lowest BCUT2D eigenvalue weighted by molar-refractivity contribution is -0.137. The van der Waals surface area contributed by atoms with Crippen LogP contribution in [0.1, 0.15) is 26.7 Å². The van der Waals surface area contributed by atoms with Crippen LogP contribution < -0.4 is 14.4 Å². The molecule has 0 aliphatic heterocycles.